The van der Waals surface area contributed by atoms with Gasteiger partial charge in [-0.15, -0.1) is 0 Å². The van der Waals surface area contributed by atoms with Crippen LogP contribution in [0.25, 0.3) is 0 Å². The fraction of sp³-hybridized carbons (Fsp3) is 0.296. The zero-order valence-electron chi connectivity index (χ0n) is 20.6. The second kappa shape index (κ2) is 11.1. The number of nitrogens with one attached hydrogen (secondary N) is 2. The van der Waals surface area contributed by atoms with Crippen molar-refractivity contribution in [1.82, 2.24) is 5.32 Å². The Bertz CT molecular complexity index is 1310. The molecule has 8 heteroatoms. The third kappa shape index (κ3) is 6.77. The lowest BCUT2D eigenvalue weighted by atomic mass is 9.96. The summed E-state index contributed by atoms with van der Waals surface area (Å²) in [4.78, 5) is 13.0. The summed E-state index contributed by atoms with van der Waals surface area (Å²) in [5.74, 6) is 0.670. The summed E-state index contributed by atoms with van der Waals surface area (Å²) in [6.07, 6.45) is 0.713. The van der Waals surface area contributed by atoms with E-state index < -0.39 is 10.0 Å². The first kappa shape index (κ1) is 26.6. The van der Waals surface area contributed by atoms with Gasteiger partial charge in [0.05, 0.1) is 23.9 Å². The zero-order chi connectivity index (χ0) is 25.8. The topological polar surface area (TPSA) is 84.5 Å². The highest BCUT2D eigenvalue weighted by Gasteiger charge is 2.23. The number of amides is 1. The molecule has 0 fully saturated rings. The van der Waals surface area contributed by atoms with Crippen molar-refractivity contribution in [3.05, 3.63) is 87.9 Å². The Morgan fingerprint density at radius 3 is 2.31 bits per heavy atom. The molecule has 3 rings (SSSR count). The number of halogens is 1. The van der Waals surface area contributed by atoms with Gasteiger partial charge >= 0.3 is 0 Å². The van der Waals surface area contributed by atoms with Crippen LogP contribution in [0.5, 0.6) is 5.75 Å². The molecule has 0 aliphatic rings. The highest BCUT2D eigenvalue weighted by Crippen LogP contribution is 2.28. The molecule has 0 saturated heterocycles. The van der Waals surface area contributed by atoms with Gasteiger partial charge < -0.3 is 10.1 Å². The molecule has 3 aromatic rings. The summed E-state index contributed by atoms with van der Waals surface area (Å²) in [6.45, 7) is 7.85. The van der Waals surface area contributed by atoms with Gasteiger partial charge in [-0.1, -0.05) is 49.7 Å². The lowest BCUT2D eigenvalue weighted by molar-refractivity contribution is 0.0931. The molecule has 0 bridgehead atoms. The second-order valence-electron chi connectivity index (χ2n) is 9.00. The lowest BCUT2D eigenvalue weighted by Gasteiger charge is -2.22. The molecule has 6 nitrogen and oxygen atoms in total. The van der Waals surface area contributed by atoms with Gasteiger partial charge in [0.1, 0.15) is 10.6 Å². The Balaban J connectivity index is 1.89. The van der Waals surface area contributed by atoms with E-state index in [1.165, 1.54) is 18.2 Å². The van der Waals surface area contributed by atoms with Crippen LogP contribution in [0, 0.1) is 19.8 Å². The molecule has 2 N–H and O–H groups in total. The van der Waals surface area contributed by atoms with Crippen LogP contribution >= 0.6 is 11.6 Å². The van der Waals surface area contributed by atoms with Crippen LogP contribution in [0.4, 0.5) is 5.69 Å². The van der Waals surface area contributed by atoms with E-state index in [4.69, 9.17) is 16.3 Å². The Morgan fingerprint density at radius 1 is 1.00 bits per heavy atom. The maximum absolute atomic E-state index is 13.2. The van der Waals surface area contributed by atoms with Crippen LogP contribution in [0.2, 0.25) is 5.02 Å². The van der Waals surface area contributed by atoms with E-state index in [9.17, 15) is 13.2 Å². The third-order valence-corrected chi connectivity index (χ3v) is 7.50. The Hall–Kier alpha value is -3.03. The first-order valence-corrected chi connectivity index (χ1v) is 13.2. The molecular formula is C27H31ClN2O4S. The SMILES string of the molecule is COc1ccc(C(CC(C)C)NC(=O)c2ccc(Cl)c(S(=O)(=O)Nc3cc(C)ccc3C)c2)cc1. The number of benzene rings is 3. The second-order valence-corrected chi connectivity index (χ2v) is 11.1. The fourth-order valence-corrected chi connectivity index (χ4v) is 5.37. The fourth-order valence-electron chi connectivity index (χ4n) is 3.72. The molecule has 0 saturated carbocycles. The van der Waals surface area contributed by atoms with Crippen molar-refractivity contribution in [3.63, 3.8) is 0 Å². The number of carbonyl (C=O) groups excluding carboxylic acids is 1. The van der Waals surface area contributed by atoms with Crippen molar-refractivity contribution >= 4 is 33.2 Å². The summed E-state index contributed by atoms with van der Waals surface area (Å²) in [5.41, 5.74) is 3.30. The first-order valence-electron chi connectivity index (χ1n) is 11.3. The molecule has 0 radical (unpaired) electrons. The standard InChI is InChI=1S/C27H31ClN2O4S/c1-17(2)14-25(20-8-11-22(34-5)12-9-20)29-27(31)21-10-13-23(28)26(16-21)35(32,33)30-24-15-18(3)6-7-19(24)4/h6-13,15-17,25,30H,14H2,1-5H3,(H,29,31). The lowest BCUT2D eigenvalue weighted by Crippen LogP contribution is -2.29. The van der Waals surface area contributed by atoms with Gasteiger partial charge in [0.2, 0.25) is 0 Å². The Kier molecular flexibility index (Phi) is 8.46. The van der Waals surface area contributed by atoms with Crippen molar-refractivity contribution in [2.75, 3.05) is 11.8 Å². The number of anilines is 1. The average molecular weight is 515 g/mol. The van der Waals surface area contributed by atoms with E-state index in [1.807, 2.05) is 50.2 Å². The number of hydrogen-bond donors (Lipinski definition) is 2. The van der Waals surface area contributed by atoms with Gasteiger partial charge in [-0.25, -0.2) is 8.42 Å². The van der Waals surface area contributed by atoms with Crippen LogP contribution in [-0.2, 0) is 10.0 Å². The normalized spacial score (nSPS) is 12.3. The molecule has 1 atom stereocenters. The molecule has 0 aliphatic carbocycles. The van der Waals surface area contributed by atoms with Crippen molar-refractivity contribution in [1.29, 1.82) is 0 Å². The third-order valence-electron chi connectivity index (χ3n) is 5.65. The number of aryl methyl sites for hydroxylation is 2. The molecule has 3 aromatic carbocycles. The highest BCUT2D eigenvalue weighted by molar-refractivity contribution is 7.92. The van der Waals surface area contributed by atoms with E-state index in [0.717, 1.165) is 22.4 Å². The van der Waals surface area contributed by atoms with Crippen LogP contribution in [0.3, 0.4) is 0 Å². The summed E-state index contributed by atoms with van der Waals surface area (Å²) < 4.78 is 34.2. The van der Waals surface area contributed by atoms with E-state index in [-0.39, 0.29) is 27.4 Å². The minimum Gasteiger partial charge on any atom is -0.497 e. The van der Waals surface area contributed by atoms with Crippen molar-refractivity contribution < 1.29 is 17.9 Å². The van der Waals surface area contributed by atoms with Gasteiger partial charge in [0.15, 0.2) is 0 Å². The number of methoxy groups -OCH3 is 1. The molecule has 1 unspecified atom stereocenters. The molecule has 0 heterocycles. The van der Waals surface area contributed by atoms with Gasteiger partial charge in [-0.2, -0.15) is 0 Å². The van der Waals surface area contributed by atoms with Crippen LogP contribution in [-0.4, -0.2) is 21.4 Å². The molecular weight excluding hydrogens is 484 g/mol. The number of rotatable bonds is 9. The summed E-state index contributed by atoms with van der Waals surface area (Å²) in [7, 11) is -2.42. The highest BCUT2D eigenvalue weighted by atomic mass is 35.5. The number of carbonyl (C=O) groups is 1. The largest absolute Gasteiger partial charge is 0.497 e. The van der Waals surface area contributed by atoms with Gasteiger partial charge in [-0.05, 0) is 79.3 Å². The average Bonchev–Trinajstić information content (AvgIpc) is 2.80. The number of hydrogen-bond acceptors (Lipinski definition) is 4. The van der Waals surface area contributed by atoms with E-state index in [0.29, 0.717) is 18.0 Å². The molecule has 0 aliphatic heterocycles. The van der Waals surface area contributed by atoms with Crippen LogP contribution in [0.1, 0.15) is 53.4 Å². The molecule has 35 heavy (non-hydrogen) atoms. The van der Waals surface area contributed by atoms with E-state index in [1.54, 1.807) is 13.2 Å². The molecule has 0 aromatic heterocycles. The maximum Gasteiger partial charge on any atom is 0.263 e. The summed E-state index contributed by atoms with van der Waals surface area (Å²) in [5, 5.41) is 3.08. The summed E-state index contributed by atoms with van der Waals surface area (Å²) in [6, 6.07) is 17.0. The monoisotopic (exact) mass is 514 g/mol. The van der Waals surface area contributed by atoms with Gasteiger partial charge in [0, 0.05) is 5.56 Å². The first-order chi connectivity index (χ1) is 16.5. The predicted octanol–water partition coefficient (Wildman–Crippen LogP) is 6.28. The molecule has 1 amide bonds. The van der Waals surface area contributed by atoms with E-state index in [2.05, 4.69) is 23.9 Å². The number of sulfonamides is 1. The maximum atomic E-state index is 13.2. The van der Waals surface area contributed by atoms with E-state index >= 15 is 0 Å². The zero-order valence-corrected chi connectivity index (χ0v) is 22.1. The molecule has 186 valence electrons. The molecule has 0 spiro atoms. The number of ether oxygens (including phenoxy) is 1. The Labute approximate surface area is 212 Å². The minimum absolute atomic E-state index is 0.0354. The van der Waals surface area contributed by atoms with Crippen molar-refractivity contribution in [2.24, 2.45) is 5.92 Å². The van der Waals surface area contributed by atoms with Gasteiger partial charge in [0.25, 0.3) is 15.9 Å². The van der Waals surface area contributed by atoms with Crippen molar-refractivity contribution in [3.8, 4) is 5.75 Å². The Morgan fingerprint density at radius 2 is 1.69 bits per heavy atom. The predicted molar refractivity (Wildman–Crippen MR) is 141 cm³/mol. The minimum atomic E-state index is -4.02. The van der Waals surface area contributed by atoms with Crippen molar-refractivity contribution in [2.45, 2.75) is 45.1 Å². The van der Waals surface area contributed by atoms with Crippen LogP contribution in [0.15, 0.2) is 65.6 Å². The van der Waals surface area contributed by atoms with Crippen LogP contribution < -0.4 is 14.8 Å². The van der Waals surface area contributed by atoms with Gasteiger partial charge in [-0.3, -0.25) is 9.52 Å². The smallest absolute Gasteiger partial charge is 0.263 e. The summed E-state index contributed by atoms with van der Waals surface area (Å²) >= 11 is 6.26. The quantitative estimate of drug-likeness (QED) is 0.351.